The van der Waals surface area contributed by atoms with Crippen molar-refractivity contribution < 1.29 is 9.76 Å². The lowest BCUT2D eigenvalue weighted by Gasteiger charge is -1.97. The average molecular weight is 243 g/mol. The molecule has 6 nitrogen and oxygen atoms in total. The van der Waals surface area contributed by atoms with Crippen LogP contribution in [0.5, 0.6) is 0 Å². The van der Waals surface area contributed by atoms with Crippen LogP contribution < -0.4 is 0 Å². The van der Waals surface area contributed by atoms with E-state index in [1.807, 2.05) is 0 Å². The van der Waals surface area contributed by atoms with E-state index < -0.39 is 4.92 Å². The molecule has 0 aliphatic rings. The van der Waals surface area contributed by atoms with E-state index >= 15 is 0 Å². The Hall–Kier alpha value is -1.95. The maximum atomic E-state index is 10.5. The predicted molar refractivity (Wildman–Crippen MR) is 58.9 cm³/mol. The maximum Gasteiger partial charge on any atom is 0.270 e. The fraction of sp³-hybridized carbons (Fsp3) is 0.111. The molecule has 0 atom stereocenters. The molecule has 0 bridgehead atoms. The molecule has 0 amide bonds. The Labute approximate surface area is 95.6 Å². The van der Waals surface area contributed by atoms with Crippen molar-refractivity contribution in [1.82, 2.24) is 0 Å². The summed E-state index contributed by atoms with van der Waals surface area (Å²) < 4.78 is 0. The molecule has 0 spiro atoms. The van der Waals surface area contributed by atoms with Gasteiger partial charge in [-0.2, -0.15) is 0 Å². The van der Waals surface area contributed by atoms with Gasteiger partial charge < -0.3 is 4.84 Å². The van der Waals surface area contributed by atoms with E-state index in [-0.39, 0.29) is 12.3 Å². The van der Waals surface area contributed by atoms with E-state index in [4.69, 9.17) is 11.6 Å². The fourth-order valence-corrected chi connectivity index (χ4v) is 1.20. The summed E-state index contributed by atoms with van der Waals surface area (Å²) in [5.74, 6) is 0. The molecular formula is C9H7ClN2O4. The SMILES string of the molecule is O=NOCC=Cc1cc([N+](=O)[O-])ccc1Cl. The minimum atomic E-state index is -0.517. The molecule has 1 rings (SSSR count). The number of rotatable bonds is 5. The van der Waals surface area contributed by atoms with E-state index in [1.54, 1.807) is 0 Å². The Kier molecular flexibility index (Phi) is 4.41. The molecule has 0 saturated heterocycles. The number of nitro groups is 1. The van der Waals surface area contributed by atoms with Gasteiger partial charge >= 0.3 is 0 Å². The zero-order valence-electron chi connectivity index (χ0n) is 8.00. The molecule has 0 aliphatic carbocycles. The smallest absolute Gasteiger partial charge is 0.270 e. The molecule has 0 radical (unpaired) electrons. The average Bonchev–Trinajstić information content (AvgIpc) is 2.26. The second kappa shape index (κ2) is 5.82. The molecule has 1 aromatic carbocycles. The van der Waals surface area contributed by atoms with E-state index in [2.05, 4.69) is 10.2 Å². The van der Waals surface area contributed by atoms with Gasteiger partial charge in [-0.15, -0.1) is 4.91 Å². The van der Waals surface area contributed by atoms with Crippen LogP contribution in [-0.2, 0) is 4.84 Å². The van der Waals surface area contributed by atoms with Gasteiger partial charge in [0.25, 0.3) is 5.69 Å². The summed E-state index contributed by atoms with van der Waals surface area (Å²) in [6.07, 6.45) is 2.99. The van der Waals surface area contributed by atoms with Crippen LogP contribution in [-0.4, -0.2) is 11.5 Å². The molecule has 0 saturated carbocycles. The Morgan fingerprint density at radius 1 is 1.56 bits per heavy atom. The Balaban J connectivity index is 2.85. The van der Waals surface area contributed by atoms with Crippen molar-refractivity contribution in [3.05, 3.63) is 49.9 Å². The first-order valence-electron chi connectivity index (χ1n) is 4.20. The maximum absolute atomic E-state index is 10.5. The lowest BCUT2D eigenvalue weighted by atomic mass is 10.2. The molecule has 84 valence electrons. The number of hydrogen-bond donors (Lipinski definition) is 0. The van der Waals surface area contributed by atoms with Crippen LogP contribution in [0.1, 0.15) is 5.56 Å². The predicted octanol–water partition coefficient (Wildman–Crippen LogP) is 2.96. The molecule has 0 unspecified atom stereocenters. The van der Waals surface area contributed by atoms with E-state index in [0.717, 1.165) is 0 Å². The molecule has 0 heterocycles. The van der Waals surface area contributed by atoms with Gasteiger partial charge in [0.1, 0.15) is 6.61 Å². The zero-order chi connectivity index (χ0) is 12.0. The van der Waals surface area contributed by atoms with Gasteiger partial charge in [-0.25, -0.2) is 0 Å². The summed E-state index contributed by atoms with van der Waals surface area (Å²) in [4.78, 5) is 23.8. The van der Waals surface area contributed by atoms with Crippen molar-refractivity contribution in [3.8, 4) is 0 Å². The van der Waals surface area contributed by atoms with E-state index in [1.165, 1.54) is 30.4 Å². The molecule has 7 heteroatoms. The van der Waals surface area contributed by atoms with E-state index in [9.17, 15) is 15.0 Å². The minimum Gasteiger partial charge on any atom is -0.360 e. The van der Waals surface area contributed by atoms with Crippen LogP contribution in [0.25, 0.3) is 6.08 Å². The lowest BCUT2D eigenvalue weighted by molar-refractivity contribution is -0.384. The number of benzene rings is 1. The molecule has 0 N–H and O–H groups in total. The van der Waals surface area contributed by atoms with Crippen LogP contribution in [0.4, 0.5) is 5.69 Å². The monoisotopic (exact) mass is 242 g/mol. The van der Waals surface area contributed by atoms with Gasteiger partial charge in [-0.1, -0.05) is 17.7 Å². The first-order chi connectivity index (χ1) is 7.65. The second-order valence-corrected chi connectivity index (χ2v) is 3.14. The quantitative estimate of drug-likeness (QED) is 0.344. The Bertz CT molecular complexity index is 434. The van der Waals surface area contributed by atoms with Crippen molar-refractivity contribution in [2.75, 3.05) is 6.61 Å². The Morgan fingerprint density at radius 3 is 2.94 bits per heavy atom. The highest BCUT2D eigenvalue weighted by Crippen LogP contribution is 2.22. The highest BCUT2D eigenvalue weighted by Gasteiger charge is 2.07. The largest absolute Gasteiger partial charge is 0.360 e. The van der Waals surface area contributed by atoms with Gasteiger partial charge in [0.05, 0.1) is 4.92 Å². The second-order valence-electron chi connectivity index (χ2n) is 2.74. The van der Waals surface area contributed by atoms with E-state index in [0.29, 0.717) is 10.6 Å². The molecule has 0 fully saturated rings. The van der Waals surface area contributed by atoms with Crippen molar-refractivity contribution in [1.29, 1.82) is 0 Å². The van der Waals surface area contributed by atoms with Crippen molar-refractivity contribution >= 4 is 23.4 Å². The Morgan fingerprint density at radius 2 is 2.31 bits per heavy atom. The highest BCUT2D eigenvalue weighted by atomic mass is 35.5. The van der Waals surface area contributed by atoms with Crippen molar-refractivity contribution in [3.63, 3.8) is 0 Å². The van der Waals surface area contributed by atoms with Crippen LogP contribution in [0.15, 0.2) is 29.6 Å². The third-order valence-electron chi connectivity index (χ3n) is 1.71. The highest BCUT2D eigenvalue weighted by molar-refractivity contribution is 6.32. The molecule has 0 aliphatic heterocycles. The summed E-state index contributed by atoms with van der Waals surface area (Å²) >= 11 is 5.81. The molecule has 0 aromatic heterocycles. The fourth-order valence-electron chi connectivity index (χ4n) is 1.02. The van der Waals surface area contributed by atoms with Crippen molar-refractivity contribution in [2.45, 2.75) is 0 Å². The number of halogens is 1. The first kappa shape index (κ1) is 12.1. The van der Waals surface area contributed by atoms with Crippen molar-refractivity contribution in [2.24, 2.45) is 5.34 Å². The standard InChI is InChI=1S/C9H7ClN2O4/c10-9-4-3-8(12(14)15)6-7(9)2-1-5-16-11-13/h1-4,6H,5H2. The summed E-state index contributed by atoms with van der Waals surface area (Å²) in [5.41, 5.74) is 0.420. The van der Waals surface area contributed by atoms with Crippen LogP contribution in [0.3, 0.4) is 0 Å². The topological polar surface area (TPSA) is 81.8 Å². The molecular weight excluding hydrogens is 236 g/mol. The van der Waals surface area contributed by atoms with Crippen LogP contribution >= 0.6 is 11.6 Å². The number of non-ortho nitro benzene ring substituents is 1. The zero-order valence-corrected chi connectivity index (χ0v) is 8.76. The minimum absolute atomic E-state index is 0.0114. The van der Waals surface area contributed by atoms with Gasteiger partial charge in [-0.3, -0.25) is 10.1 Å². The van der Waals surface area contributed by atoms with Crippen LogP contribution in [0, 0.1) is 15.0 Å². The summed E-state index contributed by atoms with van der Waals surface area (Å²) in [6.45, 7) is -0.0114. The first-order valence-corrected chi connectivity index (χ1v) is 4.58. The number of nitro benzene ring substituents is 1. The summed E-state index contributed by atoms with van der Waals surface area (Å²) in [7, 11) is 0. The van der Waals surface area contributed by atoms with Gasteiger partial charge in [0.2, 0.25) is 0 Å². The molecule has 1 aromatic rings. The van der Waals surface area contributed by atoms with Gasteiger partial charge in [0.15, 0.2) is 5.34 Å². The summed E-state index contributed by atoms with van der Waals surface area (Å²) in [6, 6.07) is 4.06. The molecule has 16 heavy (non-hydrogen) atoms. The number of nitrogens with zero attached hydrogens (tertiary/aromatic N) is 2. The lowest BCUT2D eigenvalue weighted by Crippen LogP contribution is -1.88. The van der Waals surface area contributed by atoms with Gasteiger partial charge in [-0.05, 0) is 17.7 Å². The third kappa shape index (κ3) is 3.32. The summed E-state index contributed by atoms with van der Waals surface area (Å²) in [5, 5.41) is 13.1. The third-order valence-corrected chi connectivity index (χ3v) is 2.06. The van der Waals surface area contributed by atoms with Gasteiger partial charge in [0, 0.05) is 17.2 Å². The van der Waals surface area contributed by atoms with Crippen LogP contribution in [0.2, 0.25) is 5.02 Å². The normalized spacial score (nSPS) is 10.3. The number of hydrogen-bond acceptors (Lipinski definition) is 5.